The standard InChI is InChI=1S/C18H23Cl2N3O2/c1-11(2)18-21-16(25-22-18)6-5-7-17(24)23(4)12(3)14-9-8-13(19)10-15(14)20/h8-12H,5-7H2,1-4H3/t12-/m1/s1. The number of aromatic nitrogens is 2. The minimum Gasteiger partial charge on any atom is -0.339 e. The SMILES string of the molecule is CC(C)c1noc(CCCC(=O)N(C)[C@H](C)c2ccc(Cl)cc2Cl)n1. The number of amides is 1. The molecule has 136 valence electrons. The molecule has 0 N–H and O–H groups in total. The molecule has 0 aliphatic heterocycles. The number of hydrogen-bond acceptors (Lipinski definition) is 4. The van der Waals surface area contributed by atoms with Crippen molar-refractivity contribution in [3.05, 3.63) is 45.5 Å². The molecule has 2 aromatic rings. The second kappa shape index (κ2) is 8.68. The van der Waals surface area contributed by atoms with Crippen molar-refractivity contribution in [1.29, 1.82) is 0 Å². The molecule has 0 aliphatic carbocycles. The Balaban J connectivity index is 1.88. The average Bonchev–Trinajstić information content (AvgIpc) is 3.02. The van der Waals surface area contributed by atoms with Crippen molar-refractivity contribution < 1.29 is 9.32 Å². The molecular weight excluding hydrogens is 361 g/mol. The molecule has 1 heterocycles. The molecular formula is C18H23Cl2N3O2. The highest BCUT2D eigenvalue weighted by molar-refractivity contribution is 6.35. The number of benzene rings is 1. The Kier molecular flexibility index (Phi) is 6.85. The van der Waals surface area contributed by atoms with Crippen molar-refractivity contribution in [2.24, 2.45) is 0 Å². The van der Waals surface area contributed by atoms with Gasteiger partial charge in [0.25, 0.3) is 0 Å². The van der Waals surface area contributed by atoms with E-state index in [2.05, 4.69) is 10.1 Å². The van der Waals surface area contributed by atoms with E-state index in [0.717, 1.165) is 5.56 Å². The van der Waals surface area contributed by atoms with E-state index in [1.807, 2.05) is 26.8 Å². The molecule has 1 aromatic heterocycles. The summed E-state index contributed by atoms with van der Waals surface area (Å²) in [6, 6.07) is 5.19. The summed E-state index contributed by atoms with van der Waals surface area (Å²) in [4.78, 5) is 18.4. The predicted molar refractivity (Wildman–Crippen MR) is 99.0 cm³/mol. The number of halogens is 2. The lowest BCUT2D eigenvalue weighted by atomic mass is 10.1. The summed E-state index contributed by atoms with van der Waals surface area (Å²) in [5.41, 5.74) is 0.875. The van der Waals surface area contributed by atoms with E-state index in [-0.39, 0.29) is 17.9 Å². The highest BCUT2D eigenvalue weighted by Gasteiger charge is 2.20. The second-order valence-corrected chi connectivity index (χ2v) is 7.24. The maximum atomic E-state index is 12.4. The third kappa shape index (κ3) is 5.19. The third-order valence-electron chi connectivity index (χ3n) is 4.17. The van der Waals surface area contributed by atoms with Gasteiger partial charge in [-0.15, -0.1) is 0 Å². The van der Waals surface area contributed by atoms with Gasteiger partial charge in [0.2, 0.25) is 11.8 Å². The fourth-order valence-corrected chi connectivity index (χ4v) is 3.00. The van der Waals surface area contributed by atoms with Crippen LogP contribution in [0.25, 0.3) is 0 Å². The smallest absolute Gasteiger partial charge is 0.226 e. The molecule has 0 unspecified atom stereocenters. The van der Waals surface area contributed by atoms with Gasteiger partial charge in [-0.1, -0.05) is 48.3 Å². The summed E-state index contributed by atoms with van der Waals surface area (Å²) in [5, 5.41) is 5.07. The zero-order valence-corrected chi connectivity index (χ0v) is 16.4. The van der Waals surface area contributed by atoms with Crippen LogP contribution in [0.4, 0.5) is 0 Å². The molecule has 0 radical (unpaired) electrons. The van der Waals surface area contributed by atoms with Gasteiger partial charge >= 0.3 is 0 Å². The predicted octanol–water partition coefficient (Wildman–Crippen LogP) is 5.04. The Bertz CT molecular complexity index is 731. The summed E-state index contributed by atoms with van der Waals surface area (Å²) >= 11 is 12.2. The average molecular weight is 384 g/mol. The van der Waals surface area contributed by atoms with Gasteiger partial charge in [0.05, 0.1) is 6.04 Å². The molecule has 0 fully saturated rings. The van der Waals surface area contributed by atoms with Crippen molar-refractivity contribution >= 4 is 29.1 Å². The fraction of sp³-hybridized carbons (Fsp3) is 0.500. The largest absolute Gasteiger partial charge is 0.339 e. The van der Waals surface area contributed by atoms with E-state index in [0.29, 0.717) is 41.0 Å². The number of hydrogen-bond donors (Lipinski definition) is 0. The van der Waals surface area contributed by atoms with Crippen LogP contribution in [-0.2, 0) is 11.2 Å². The van der Waals surface area contributed by atoms with Crippen LogP contribution in [0.15, 0.2) is 22.7 Å². The molecule has 1 amide bonds. The monoisotopic (exact) mass is 383 g/mol. The van der Waals surface area contributed by atoms with Crippen molar-refractivity contribution in [3.8, 4) is 0 Å². The molecule has 2 rings (SSSR count). The lowest BCUT2D eigenvalue weighted by Crippen LogP contribution is -2.29. The zero-order valence-electron chi connectivity index (χ0n) is 14.9. The van der Waals surface area contributed by atoms with E-state index in [1.54, 1.807) is 24.1 Å². The maximum Gasteiger partial charge on any atom is 0.226 e. The Morgan fingerprint density at radius 3 is 2.60 bits per heavy atom. The first-order chi connectivity index (χ1) is 11.8. The van der Waals surface area contributed by atoms with Gasteiger partial charge in [-0.25, -0.2) is 0 Å². The third-order valence-corrected chi connectivity index (χ3v) is 4.73. The summed E-state index contributed by atoms with van der Waals surface area (Å²) in [6.45, 7) is 5.97. The van der Waals surface area contributed by atoms with Crippen LogP contribution in [0.5, 0.6) is 0 Å². The molecule has 0 saturated heterocycles. The Morgan fingerprint density at radius 1 is 1.28 bits per heavy atom. The number of aryl methyl sites for hydroxylation is 1. The van der Waals surface area contributed by atoms with E-state index in [4.69, 9.17) is 27.7 Å². The highest BCUT2D eigenvalue weighted by atomic mass is 35.5. The summed E-state index contributed by atoms with van der Waals surface area (Å²) in [5.74, 6) is 1.55. The number of rotatable bonds is 7. The van der Waals surface area contributed by atoms with Gasteiger partial charge in [0, 0.05) is 35.9 Å². The topological polar surface area (TPSA) is 59.2 Å². The van der Waals surface area contributed by atoms with Gasteiger partial charge in [-0.2, -0.15) is 4.98 Å². The van der Waals surface area contributed by atoms with Crippen molar-refractivity contribution in [2.75, 3.05) is 7.05 Å². The number of nitrogens with zero attached hydrogens (tertiary/aromatic N) is 3. The first kappa shape index (κ1) is 19.7. The van der Waals surface area contributed by atoms with Crippen LogP contribution in [0.3, 0.4) is 0 Å². The van der Waals surface area contributed by atoms with Gasteiger partial charge < -0.3 is 9.42 Å². The van der Waals surface area contributed by atoms with Crippen molar-refractivity contribution in [1.82, 2.24) is 15.0 Å². The van der Waals surface area contributed by atoms with Gasteiger partial charge in [0.1, 0.15) is 0 Å². The molecule has 5 nitrogen and oxygen atoms in total. The lowest BCUT2D eigenvalue weighted by molar-refractivity contribution is -0.131. The van der Waals surface area contributed by atoms with Crippen LogP contribution < -0.4 is 0 Å². The van der Waals surface area contributed by atoms with Crippen LogP contribution in [0.1, 0.15) is 62.9 Å². The minimum absolute atomic E-state index is 0.0436. The molecule has 0 bridgehead atoms. The summed E-state index contributed by atoms with van der Waals surface area (Å²) in [7, 11) is 1.78. The van der Waals surface area contributed by atoms with Gasteiger partial charge in [-0.05, 0) is 31.0 Å². The molecule has 0 spiro atoms. The summed E-state index contributed by atoms with van der Waals surface area (Å²) in [6.07, 6.45) is 1.66. The van der Waals surface area contributed by atoms with Crippen molar-refractivity contribution in [2.45, 2.75) is 52.0 Å². The van der Waals surface area contributed by atoms with E-state index in [9.17, 15) is 4.79 Å². The van der Waals surface area contributed by atoms with Gasteiger partial charge in [-0.3, -0.25) is 4.79 Å². The molecule has 25 heavy (non-hydrogen) atoms. The Labute approximate surface area is 158 Å². The van der Waals surface area contributed by atoms with E-state index >= 15 is 0 Å². The van der Waals surface area contributed by atoms with Crippen LogP contribution in [0, 0.1) is 0 Å². The molecule has 0 aliphatic rings. The van der Waals surface area contributed by atoms with Crippen molar-refractivity contribution in [3.63, 3.8) is 0 Å². The fourth-order valence-electron chi connectivity index (χ4n) is 2.44. The normalized spacial score (nSPS) is 12.4. The Hall–Kier alpha value is -1.59. The number of carbonyl (C=O) groups excluding carboxylic acids is 1. The van der Waals surface area contributed by atoms with Crippen LogP contribution in [-0.4, -0.2) is 28.0 Å². The second-order valence-electron chi connectivity index (χ2n) is 6.40. The van der Waals surface area contributed by atoms with Crippen LogP contribution in [0.2, 0.25) is 10.0 Å². The molecule has 1 atom stereocenters. The lowest BCUT2D eigenvalue weighted by Gasteiger charge is -2.26. The van der Waals surface area contributed by atoms with E-state index in [1.165, 1.54) is 0 Å². The number of carbonyl (C=O) groups is 1. The van der Waals surface area contributed by atoms with E-state index < -0.39 is 0 Å². The van der Waals surface area contributed by atoms with Crippen LogP contribution >= 0.6 is 23.2 Å². The Morgan fingerprint density at radius 2 is 2.00 bits per heavy atom. The molecule has 1 aromatic carbocycles. The first-order valence-electron chi connectivity index (χ1n) is 8.32. The minimum atomic E-state index is -0.131. The first-order valence-corrected chi connectivity index (χ1v) is 9.08. The maximum absolute atomic E-state index is 12.4. The summed E-state index contributed by atoms with van der Waals surface area (Å²) < 4.78 is 5.20. The molecule has 7 heteroatoms. The zero-order chi connectivity index (χ0) is 18.6. The highest BCUT2D eigenvalue weighted by Crippen LogP contribution is 2.29. The quantitative estimate of drug-likeness (QED) is 0.671. The molecule has 0 saturated carbocycles. The van der Waals surface area contributed by atoms with Gasteiger partial charge in [0.15, 0.2) is 5.82 Å².